The van der Waals surface area contributed by atoms with E-state index in [9.17, 15) is 19.2 Å². The summed E-state index contributed by atoms with van der Waals surface area (Å²) in [4.78, 5) is 47.2. The molecule has 0 aromatic heterocycles. The van der Waals surface area contributed by atoms with Crippen LogP contribution in [0, 0.1) is 0 Å². The molecule has 4 amide bonds. The summed E-state index contributed by atoms with van der Waals surface area (Å²) < 4.78 is 0. The van der Waals surface area contributed by atoms with Gasteiger partial charge in [0.15, 0.2) is 0 Å². The number of carbonyl (C=O) groups is 4. The Morgan fingerprint density at radius 3 is 1.54 bits per heavy atom. The van der Waals surface area contributed by atoms with E-state index in [4.69, 9.17) is 0 Å². The monoisotopic (exact) mass is 340 g/mol. The Labute approximate surface area is 142 Å². The maximum Gasteiger partial charge on any atom is 0.243 e. The highest BCUT2D eigenvalue weighted by atomic mass is 16.2. The molecule has 4 N–H and O–H groups in total. The molecule has 0 aliphatic carbocycles. The molecule has 0 aromatic rings. The first-order valence-corrected chi connectivity index (χ1v) is 8.62. The van der Waals surface area contributed by atoms with Crippen LogP contribution in [-0.2, 0) is 19.2 Å². The van der Waals surface area contributed by atoms with Gasteiger partial charge in [0.05, 0.1) is 0 Å². The number of amides is 4. The second kappa shape index (κ2) is 10.6. The first-order chi connectivity index (χ1) is 11.5. The number of carbonyl (C=O) groups excluding carboxylic acids is 4. The summed E-state index contributed by atoms with van der Waals surface area (Å²) in [7, 11) is 0. The minimum Gasteiger partial charge on any atom is -0.356 e. The predicted octanol–water partition coefficient (Wildman–Crippen LogP) is -0.418. The van der Waals surface area contributed by atoms with Gasteiger partial charge in [-0.25, -0.2) is 0 Å². The fraction of sp³-hybridized carbons (Fsp3) is 0.750. The number of nitrogens with one attached hydrogen (secondary N) is 4. The van der Waals surface area contributed by atoms with Gasteiger partial charge < -0.3 is 21.3 Å². The van der Waals surface area contributed by atoms with Gasteiger partial charge in [0, 0.05) is 25.9 Å². The average Bonchev–Trinajstić information content (AvgIpc) is 2.57. The van der Waals surface area contributed by atoms with Gasteiger partial charge >= 0.3 is 0 Å². The van der Waals surface area contributed by atoms with Gasteiger partial charge in [0.25, 0.3) is 0 Å². The topological polar surface area (TPSA) is 116 Å². The maximum atomic E-state index is 12.0. The highest BCUT2D eigenvalue weighted by Gasteiger charge is 2.33. The molecule has 1 aliphatic heterocycles. The van der Waals surface area contributed by atoms with E-state index in [2.05, 4.69) is 21.3 Å². The zero-order valence-corrected chi connectivity index (χ0v) is 14.4. The summed E-state index contributed by atoms with van der Waals surface area (Å²) in [6.07, 6.45) is 2.58. The van der Waals surface area contributed by atoms with Gasteiger partial charge in [-0.2, -0.15) is 0 Å². The average molecular weight is 340 g/mol. The summed E-state index contributed by atoms with van der Waals surface area (Å²) >= 11 is 0. The molecule has 0 unspecified atom stereocenters. The van der Waals surface area contributed by atoms with Crippen molar-refractivity contribution in [3.05, 3.63) is 0 Å². The molecule has 1 saturated heterocycles. The smallest absolute Gasteiger partial charge is 0.243 e. The molecule has 8 heteroatoms. The number of hydrogen-bond donors (Lipinski definition) is 4. The van der Waals surface area contributed by atoms with Crippen molar-refractivity contribution in [3.63, 3.8) is 0 Å². The molecule has 1 heterocycles. The molecule has 8 nitrogen and oxygen atoms in total. The van der Waals surface area contributed by atoms with E-state index in [1.165, 1.54) is 0 Å². The summed E-state index contributed by atoms with van der Waals surface area (Å²) in [5.74, 6) is -0.879. The van der Waals surface area contributed by atoms with Gasteiger partial charge in [0.1, 0.15) is 12.1 Å². The van der Waals surface area contributed by atoms with Crippen molar-refractivity contribution in [1.82, 2.24) is 21.3 Å². The van der Waals surface area contributed by atoms with Crippen molar-refractivity contribution < 1.29 is 19.2 Å². The molecule has 0 spiro atoms. The van der Waals surface area contributed by atoms with E-state index in [1.807, 2.05) is 13.8 Å². The summed E-state index contributed by atoms with van der Waals surface area (Å²) in [5.41, 5.74) is 0. The normalized spacial score (nSPS) is 20.1. The van der Waals surface area contributed by atoms with E-state index in [1.54, 1.807) is 0 Å². The van der Waals surface area contributed by atoms with Crippen LogP contribution in [0.1, 0.15) is 52.4 Å². The molecule has 0 saturated carbocycles. The van der Waals surface area contributed by atoms with Crippen molar-refractivity contribution in [2.45, 2.75) is 64.5 Å². The zero-order chi connectivity index (χ0) is 17.9. The second-order valence-electron chi connectivity index (χ2n) is 5.90. The lowest BCUT2D eigenvalue weighted by Crippen LogP contribution is -2.61. The van der Waals surface area contributed by atoms with Crippen LogP contribution in [0.25, 0.3) is 0 Å². The Balaban J connectivity index is 2.35. The molecule has 0 radical (unpaired) electrons. The van der Waals surface area contributed by atoms with E-state index in [0.29, 0.717) is 13.1 Å². The molecule has 1 aliphatic rings. The van der Waals surface area contributed by atoms with Crippen molar-refractivity contribution >= 4 is 23.6 Å². The van der Waals surface area contributed by atoms with Gasteiger partial charge in [-0.3, -0.25) is 19.2 Å². The lowest BCUT2D eigenvalue weighted by atomic mass is 10.0. The summed E-state index contributed by atoms with van der Waals surface area (Å²) in [6.45, 7) is 5.12. The fourth-order valence-electron chi connectivity index (χ4n) is 2.34. The highest BCUT2D eigenvalue weighted by molar-refractivity contribution is 5.97. The standard InChI is InChI=1S/C16H28N4O4/c1-3-9-17-13(21)7-5-11-15(23)20-12(16(24)19-11)6-8-14(22)18-10-4-2/h11-12H,3-10H2,1-2H3,(H,17,21)(H,18,22)(H,19,24)(H,20,23)/t11-,12-/m1/s1. The van der Waals surface area contributed by atoms with Crippen LogP contribution in [-0.4, -0.2) is 48.8 Å². The van der Waals surface area contributed by atoms with Gasteiger partial charge in [-0.1, -0.05) is 13.8 Å². The van der Waals surface area contributed by atoms with Crippen LogP contribution in [0.2, 0.25) is 0 Å². The molecule has 0 aromatic carbocycles. The number of rotatable bonds is 10. The van der Waals surface area contributed by atoms with Gasteiger partial charge in [0.2, 0.25) is 23.6 Å². The molecule has 136 valence electrons. The minimum atomic E-state index is -0.699. The SMILES string of the molecule is CCCNC(=O)CC[C@H]1NC(=O)[C@@H](CCC(=O)NCCC)NC1=O. The Morgan fingerprint density at radius 1 is 0.833 bits per heavy atom. The second-order valence-corrected chi connectivity index (χ2v) is 5.90. The first-order valence-electron chi connectivity index (χ1n) is 8.62. The van der Waals surface area contributed by atoms with Crippen LogP contribution in [0.15, 0.2) is 0 Å². The molecule has 1 fully saturated rings. The van der Waals surface area contributed by atoms with Crippen LogP contribution in [0.3, 0.4) is 0 Å². The lowest BCUT2D eigenvalue weighted by Gasteiger charge is -2.29. The highest BCUT2D eigenvalue weighted by Crippen LogP contribution is 2.08. The Bertz CT molecular complexity index is 425. The number of hydrogen-bond acceptors (Lipinski definition) is 4. The van der Waals surface area contributed by atoms with Crippen LogP contribution < -0.4 is 21.3 Å². The van der Waals surface area contributed by atoms with E-state index in [0.717, 1.165) is 12.8 Å². The molecule has 1 rings (SSSR count). The van der Waals surface area contributed by atoms with Crippen molar-refractivity contribution in [2.75, 3.05) is 13.1 Å². The van der Waals surface area contributed by atoms with Crippen molar-refractivity contribution in [3.8, 4) is 0 Å². The third-order valence-corrected chi connectivity index (χ3v) is 3.73. The quantitative estimate of drug-likeness (QED) is 0.432. The van der Waals surface area contributed by atoms with Crippen molar-refractivity contribution in [2.24, 2.45) is 0 Å². The van der Waals surface area contributed by atoms with Gasteiger partial charge in [-0.15, -0.1) is 0 Å². The van der Waals surface area contributed by atoms with E-state index >= 15 is 0 Å². The first kappa shape index (κ1) is 19.9. The molecule has 2 atom stereocenters. The van der Waals surface area contributed by atoms with E-state index < -0.39 is 12.1 Å². The molecule has 24 heavy (non-hydrogen) atoms. The van der Waals surface area contributed by atoms with Crippen LogP contribution in [0.4, 0.5) is 0 Å². The maximum absolute atomic E-state index is 12.0. The Hall–Kier alpha value is -2.12. The van der Waals surface area contributed by atoms with Crippen molar-refractivity contribution in [1.29, 1.82) is 0 Å². The summed E-state index contributed by atoms with van der Waals surface area (Å²) in [5, 5.41) is 10.7. The molecule has 0 bridgehead atoms. The zero-order valence-electron chi connectivity index (χ0n) is 14.4. The number of piperazine rings is 1. The molecular weight excluding hydrogens is 312 g/mol. The minimum absolute atomic E-state index is 0.131. The largest absolute Gasteiger partial charge is 0.356 e. The van der Waals surface area contributed by atoms with Crippen LogP contribution in [0.5, 0.6) is 0 Å². The Morgan fingerprint density at radius 2 is 1.21 bits per heavy atom. The van der Waals surface area contributed by atoms with Gasteiger partial charge in [-0.05, 0) is 25.7 Å². The fourth-order valence-corrected chi connectivity index (χ4v) is 2.34. The lowest BCUT2D eigenvalue weighted by molar-refractivity contribution is -0.137. The van der Waals surface area contributed by atoms with Crippen LogP contribution >= 0.6 is 0 Å². The predicted molar refractivity (Wildman–Crippen MR) is 88.9 cm³/mol. The third kappa shape index (κ3) is 6.97. The summed E-state index contributed by atoms with van der Waals surface area (Å²) in [6, 6.07) is -1.40. The Kier molecular flexibility index (Phi) is 8.81. The third-order valence-electron chi connectivity index (χ3n) is 3.73. The molecular formula is C16H28N4O4. The van der Waals surface area contributed by atoms with E-state index in [-0.39, 0.29) is 49.3 Å².